The molecule has 0 amide bonds. The molecule has 0 spiro atoms. The molecule has 4 nitrogen and oxygen atoms in total. The summed E-state index contributed by atoms with van der Waals surface area (Å²) in [7, 11) is 0. The van der Waals surface area contributed by atoms with Crippen molar-refractivity contribution in [2.24, 2.45) is 5.16 Å². The minimum atomic E-state index is 0.603. The fourth-order valence-electron chi connectivity index (χ4n) is 1.02. The predicted molar refractivity (Wildman–Crippen MR) is 61.7 cm³/mol. The second kappa shape index (κ2) is 5.05. The molecule has 2 aromatic rings. The van der Waals surface area contributed by atoms with E-state index in [0.29, 0.717) is 10.7 Å². The van der Waals surface area contributed by atoms with Crippen LogP contribution in [-0.2, 0) is 0 Å². The SMILES string of the molecule is O/N=C\c1csc(C#Cc2ccncc2)n1. The third kappa shape index (κ3) is 2.65. The molecular formula is C11H7N3OS. The van der Waals surface area contributed by atoms with Gasteiger partial charge in [-0.3, -0.25) is 4.98 Å². The van der Waals surface area contributed by atoms with Crippen molar-refractivity contribution in [1.82, 2.24) is 9.97 Å². The third-order valence-corrected chi connectivity index (χ3v) is 2.48. The van der Waals surface area contributed by atoms with E-state index in [-0.39, 0.29) is 0 Å². The topological polar surface area (TPSA) is 58.4 Å². The molecule has 0 aliphatic carbocycles. The molecule has 0 saturated carbocycles. The van der Waals surface area contributed by atoms with Gasteiger partial charge in [0.15, 0.2) is 5.01 Å². The molecular weight excluding hydrogens is 222 g/mol. The van der Waals surface area contributed by atoms with Gasteiger partial charge >= 0.3 is 0 Å². The van der Waals surface area contributed by atoms with Crippen LogP contribution in [0.5, 0.6) is 0 Å². The van der Waals surface area contributed by atoms with E-state index in [1.807, 2.05) is 12.1 Å². The summed E-state index contributed by atoms with van der Waals surface area (Å²) < 4.78 is 0. The maximum atomic E-state index is 8.33. The molecule has 0 fully saturated rings. The number of aromatic nitrogens is 2. The molecule has 5 heteroatoms. The normalized spacial score (nSPS) is 10.0. The van der Waals surface area contributed by atoms with Crippen LogP contribution in [0.1, 0.15) is 16.3 Å². The van der Waals surface area contributed by atoms with Crippen molar-refractivity contribution in [2.45, 2.75) is 0 Å². The molecule has 2 heterocycles. The van der Waals surface area contributed by atoms with Crippen LogP contribution >= 0.6 is 11.3 Å². The molecule has 78 valence electrons. The van der Waals surface area contributed by atoms with E-state index in [4.69, 9.17) is 5.21 Å². The van der Waals surface area contributed by atoms with E-state index in [0.717, 1.165) is 5.56 Å². The minimum Gasteiger partial charge on any atom is -0.411 e. The number of oxime groups is 1. The van der Waals surface area contributed by atoms with Crippen LogP contribution in [0.4, 0.5) is 0 Å². The molecule has 16 heavy (non-hydrogen) atoms. The molecule has 0 atom stereocenters. The Balaban J connectivity index is 2.18. The Kier molecular flexibility index (Phi) is 3.26. The lowest BCUT2D eigenvalue weighted by molar-refractivity contribution is 0.321. The van der Waals surface area contributed by atoms with Crippen LogP contribution in [0, 0.1) is 11.8 Å². The summed E-state index contributed by atoms with van der Waals surface area (Å²) >= 11 is 1.41. The largest absolute Gasteiger partial charge is 0.411 e. The summed E-state index contributed by atoms with van der Waals surface area (Å²) in [6.07, 6.45) is 4.65. The first-order valence-electron chi connectivity index (χ1n) is 4.43. The molecule has 0 radical (unpaired) electrons. The van der Waals surface area contributed by atoms with Gasteiger partial charge in [-0.25, -0.2) is 4.98 Å². The fourth-order valence-corrected chi connectivity index (χ4v) is 1.64. The van der Waals surface area contributed by atoms with Gasteiger partial charge < -0.3 is 5.21 Å². The highest BCUT2D eigenvalue weighted by molar-refractivity contribution is 7.10. The first kappa shape index (κ1) is 10.3. The minimum absolute atomic E-state index is 0.603. The summed E-state index contributed by atoms with van der Waals surface area (Å²) in [5.74, 6) is 5.89. The average molecular weight is 229 g/mol. The van der Waals surface area contributed by atoms with Gasteiger partial charge in [-0.2, -0.15) is 0 Å². The van der Waals surface area contributed by atoms with Gasteiger partial charge in [0.1, 0.15) is 0 Å². The standard InChI is InChI=1S/C11H7N3OS/c15-13-7-10-8-16-11(14-10)2-1-9-3-5-12-6-4-9/h3-8,15H/b13-7-. The summed E-state index contributed by atoms with van der Waals surface area (Å²) in [5.41, 5.74) is 1.49. The molecule has 0 bridgehead atoms. The first-order chi connectivity index (χ1) is 7.88. The van der Waals surface area contributed by atoms with Crippen LogP contribution in [0.15, 0.2) is 35.1 Å². The van der Waals surface area contributed by atoms with Crippen molar-refractivity contribution in [1.29, 1.82) is 0 Å². The Morgan fingerprint density at radius 1 is 1.31 bits per heavy atom. The third-order valence-electron chi connectivity index (χ3n) is 1.71. The molecule has 0 aliphatic heterocycles. The van der Waals surface area contributed by atoms with E-state index < -0.39 is 0 Å². The Labute approximate surface area is 96.3 Å². The monoisotopic (exact) mass is 229 g/mol. The van der Waals surface area contributed by atoms with E-state index in [1.165, 1.54) is 17.6 Å². The molecule has 1 N–H and O–H groups in total. The summed E-state index contributed by atoms with van der Waals surface area (Å²) in [5, 5.41) is 13.7. The van der Waals surface area contributed by atoms with Crippen molar-refractivity contribution < 1.29 is 5.21 Å². The Morgan fingerprint density at radius 2 is 2.12 bits per heavy atom. The lowest BCUT2D eigenvalue weighted by Gasteiger charge is -1.84. The van der Waals surface area contributed by atoms with Gasteiger partial charge in [0.05, 0.1) is 11.9 Å². The van der Waals surface area contributed by atoms with Crippen LogP contribution in [0.2, 0.25) is 0 Å². The van der Waals surface area contributed by atoms with Crippen LogP contribution in [0.3, 0.4) is 0 Å². The Morgan fingerprint density at radius 3 is 2.88 bits per heavy atom. The van der Waals surface area contributed by atoms with Crippen molar-refractivity contribution in [3.05, 3.63) is 46.2 Å². The number of thiazole rings is 1. The fraction of sp³-hybridized carbons (Fsp3) is 0. The van der Waals surface area contributed by atoms with Crippen molar-refractivity contribution in [3.8, 4) is 11.8 Å². The Hall–Kier alpha value is -2.19. The van der Waals surface area contributed by atoms with Crippen LogP contribution < -0.4 is 0 Å². The average Bonchev–Trinajstić information content (AvgIpc) is 2.76. The maximum Gasteiger partial charge on any atom is 0.167 e. The zero-order valence-electron chi connectivity index (χ0n) is 8.16. The van der Waals surface area contributed by atoms with E-state index in [2.05, 4.69) is 27.0 Å². The van der Waals surface area contributed by atoms with Gasteiger partial charge in [-0.05, 0) is 18.1 Å². The summed E-state index contributed by atoms with van der Waals surface area (Å²) in [6.45, 7) is 0. The van der Waals surface area contributed by atoms with Crippen molar-refractivity contribution in [2.75, 3.05) is 0 Å². The maximum absolute atomic E-state index is 8.33. The highest BCUT2D eigenvalue weighted by Crippen LogP contribution is 2.06. The number of nitrogens with zero attached hydrogens (tertiary/aromatic N) is 3. The first-order valence-corrected chi connectivity index (χ1v) is 5.31. The predicted octanol–water partition coefficient (Wildman–Crippen LogP) is 1.75. The second-order valence-electron chi connectivity index (χ2n) is 2.81. The lowest BCUT2D eigenvalue weighted by Crippen LogP contribution is -1.80. The van der Waals surface area contributed by atoms with Crippen LogP contribution in [-0.4, -0.2) is 21.4 Å². The summed E-state index contributed by atoms with van der Waals surface area (Å²) in [6, 6.07) is 3.66. The van der Waals surface area contributed by atoms with Gasteiger partial charge in [0, 0.05) is 23.3 Å². The van der Waals surface area contributed by atoms with E-state index in [1.54, 1.807) is 17.8 Å². The molecule has 2 rings (SSSR count). The van der Waals surface area contributed by atoms with Gasteiger partial charge in [-0.1, -0.05) is 11.1 Å². The molecule has 0 aromatic carbocycles. The van der Waals surface area contributed by atoms with Crippen molar-refractivity contribution in [3.63, 3.8) is 0 Å². The van der Waals surface area contributed by atoms with Gasteiger partial charge in [-0.15, -0.1) is 11.3 Å². The number of pyridine rings is 1. The van der Waals surface area contributed by atoms with Gasteiger partial charge in [0.25, 0.3) is 0 Å². The Bertz CT molecular complexity index is 551. The zero-order chi connectivity index (χ0) is 11.2. The number of hydrogen-bond acceptors (Lipinski definition) is 5. The molecule has 0 unspecified atom stereocenters. The summed E-state index contributed by atoms with van der Waals surface area (Å²) in [4.78, 5) is 8.04. The molecule has 0 saturated heterocycles. The lowest BCUT2D eigenvalue weighted by atomic mass is 10.3. The highest BCUT2D eigenvalue weighted by atomic mass is 32.1. The zero-order valence-corrected chi connectivity index (χ0v) is 8.98. The van der Waals surface area contributed by atoms with Gasteiger partial charge in [0.2, 0.25) is 0 Å². The van der Waals surface area contributed by atoms with E-state index in [9.17, 15) is 0 Å². The molecule has 0 aliphatic rings. The molecule has 2 aromatic heterocycles. The second-order valence-corrected chi connectivity index (χ2v) is 3.67. The van der Waals surface area contributed by atoms with Crippen molar-refractivity contribution >= 4 is 17.6 Å². The number of hydrogen-bond donors (Lipinski definition) is 1. The number of rotatable bonds is 1. The van der Waals surface area contributed by atoms with E-state index >= 15 is 0 Å². The van der Waals surface area contributed by atoms with Crippen LogP contribution in [0.25, 0.3) is 0 Å². The highest BCUT2D eigenvalue weighted by Gasteiger charge is 1.95. The smallest absolute Gasteiger partial charge is 0.167 e. The quantitative estimate of drug-likeness (QED) is 0.351.